The Hall–Kier alpha value is -2.46. The van der Waals surface area contributed by atoms with Gasteiger partial charge in [-0.25, -0.2) is 0 Å². The fraction of sp³-hybridized carbons (Fsp3) is 0.222. The van der Waals surface area contributed by atoms with Crippen LogP contribution in [0.3, 0.4) is 0 Å². The number of amides is 1. The fourth-order valence-electron chi connectivity index (χ4n) is 2.45. The number of ether oxygens (including phenoxy) is 1. The lowest BCUT2D eigenvalue weighted by molar-refractivity contribution is -0.128. The molecule has 3 rings (SSSR count). The Morgan fingerprint density at radius 1 is 1.05 bits per heavy atom. The summed E-state index contributed by atoms with van der Waals surface area (Å²) >= 11 is 0. The number of pyridine rings is 1. The van der Waals surface area contributed by atoms with Gasteiger partial charge in [-0.1, -0.05) is 30.3 Å². The average Bonchev–Trinajstić information content (AvgIpc) is 2.61. The lowest BCUT2D eigenvalue weighted by atomic mass is 10.0. The number of aromatic nitrogens is 1. The zero-order valence-electron chi connectivity index (χ0n) is 12.3. The number of hydrogen-bond acceptors (Lipinski definition) is 3. The van der Waals surface area contributed by atoms with Crippen molar-refractivity contribution in [1.29, 1.82) is 0 Å². The molecule has 0 atom stereocenters. The van der Waals surface area contributed by atoms with Crippen molar-refractivity contribution >= 4 is 17.6 Å². The summed E-state index contributed by atoms with van der Waals surface area (Å²) in [4.78, 5) is 18.8. The zero-order valence-corrected chi connectivity index (χ0v) is 12.3. The lowest BCUT2D eigenvalue weighted by Gasteiger charge is -2.28. The monoisotopic (exact) mass is 294 g/mol. The maximum atomic E-state index is 12.9. The van der Waals surface area contributed by atoms with Crippen LogP contribution in [0, 0.1) is 0 Å². The third-order valence-corrected chi connectivity index (χ3v) is 3.63. The molecule has 0 saturated carbocycles. The quantitative estimate of drug-likeness (QED) is 0.817. The lowest BCUT2D eigenvalue weighted by Crippen LogP contribution is -2.41. The normalized spacial score (nSPS) is 15.6. The van der Waals surface area contributed by atoms with Gasteiger partial charge < -0.3 is 9.64 Å². The topological polar surface area (TPSA) is 42.4 Å². The van der Waals surface area contributed by atoms with Crippen LogP contribution in [0.2, 0.25) is 0 Å². The highest BCUT2D eigenvalue weighted by Crippen LogP contribution is 2.21. The van der Waals surface area contributed by atoms with Crippen LogP contribution in [-0.4, -0.2) is 42.1 Å². The SMILES string of the molecule is O=C(C(=Cc1ccccc1)c1ccncc1)N1CCOCC1. The average molecular weight is 294 g/mol. The first-order valence-corrected chi connectivity index (χ1v) is 7.39. The van der Waals surface area contributed by atoms with Gasteiger partial charge in [0.25, 0.3) is 5.91 Å². The van der Waals surface area contributed by atoms with E-state index in [-0.39, 0.29) is 5.91 Å². The highest BCUT2D eigenvalue weighted by molar-refractivity contribution is 6.24. The van der Waals surface area contributed by atoms with Crippen LogP contribution in [0.1, 0.15) is 11.1 Å². The number of rotatable bonds is 3. The van der Waals surface area contributed by atoms with Crippen molar-refractivity contribution < 1.29 is 9.53 Å². The molecule has 112 valence electrons. The highest BCUT2D eigenvalue weighted by atomic mass is 16.5. The van der Waals surface area contributed by atoms with Gasteiger partial charge in [-0.15, -0.1) is 0 Å². The van der Waals surface area contributed by atoms with Crippen LogP contribution in [0.15, 0.2) is 54.9 Å². The van der Waals surface area contributed by atoms with Gasteiger partial charge in [-0.2, -0.15) is 0 Å². The van der Waals surface area contributed by atoms with Gasteiger partial charge in [0, 0.05) is 31.1 Å². The number of carbonyl (C=O) groups is 1. The van der Waals surface area contributed by atoms with Gasteiger partial charge in [0.15, 0.2) is 0 Å². The van der Waals surface area contributed by atoms with Crippen LogP contribution >= 0.6 is 0 Å². The minimum absolute atomic E-state index is 0.0401. The van der Waals surface area contributed by atoms with E-state index in [1.165, 1.54) is 0 Å². The first-order chi connectivity index (χ1) is 10.8. The molecule has 0 bridgehead atoms. The maximum Gasteiger partial charge on any atom is 0.254 e. The molecule has 0 radical (unpaired) electrons. The molecule has 4 nitrogen and oxygen atoms in total. The Bertz CT molecular complexity index is 647. The molecule has 0 aliphatic carbocycles. The van der Waals surface area contributed by atoms with Gasteiger partial charge in [-0.3, -0.25) is 9.78 Å². The molecule has 4 heteroatoms. The summed E-state index contributed by atoms with van der Waals surface area (Å²) in [5.74, 6) is 0.0401. The summed E-state index contributed by atoms with van der Waals surface area (Å²) in [7, 11) is 0. The number of nitrogens with zero attached hydrogens (tertiary/aromatic N) is 2. The third-order valence-electron chi connectivity index (χ3n) is 3.63. The Morgan fingerprint density at radius 2 is 1.73 bits per heavy atom. The van der Waals surface area contributed by atoms with E-state index in [2.05, 4.69) is 4.98 Å². The Balaban J connectivity index is 1.96. The number of hydrogen-bond donors (Lipinski definition) is 0. The highest BCUT2D eigenvalue weighted by Gasteiger charge is 2.21. The van der Waals surface area contributed by atoms with E-state index in [1.807, 2.05) is 53.4 Å². The van der Waals surface area contributed by atoms with Crippen molar-refractivity contribution in [3.8, 4) is 0 Å². The van der Waals surface area contributed by atoms with Gasteiger partial charge in [0.1, 0.15) is 0 Å². The van der Waals surface area contributed by atoms with Crippen LogP contribution < -0.4 is 0 Å². The Kier molecular flexibility index (Phi) is 4.61. The second-order valence-electron chi connectivity index (χ2n) is 5.11. The molecule has 1 aromatic heterocycles. The largest absolute Gasteiger partial charge is 0.378 e. The van der Waals surface area contributed by atoms with E-state index >= 15 is 0 Å². The number of morpholine rings is 1. The Morgan fingerprint density at radius 3 is 2.41 bits per heavy atom. The minimum Gasteiger partial charge on any atom is -0.378 e. The molecule has 22 heavy (non-hydrogen) atoms. The van der Waals surface area contributed by atoms with E-state index < -0.39 is 0 Å². The first-order valence-electron chi connectivity index (χ1n) is 7.39. The van der Waals surface area contributed by atoms with Crippen molar-refractivity contribution in [3.05, 3.63) is 66.0 Å². The predicted molar refractivity (Wildman–Crippen MR) is 85.9 cm³/mol. The molecule has 1 aromatic carbocycles. The summed E-state index contributed by atoms with van der Waals surface area (Å²) in [6.07, 6.45) is 5.36. The zero-order chi connectivity index (χ0) is 15.2. The number of benzene rings is 1. The van der Waals surface area contributed by atoms with Crippen molar-refractivity contribution in [2.75, 3.05) is 26.3 Å². The minimum atomic E-state index is 0.0401. The van der Waals surface area contributed by atoms with Crippen molar-refractivity contribution in [3.63, 3.8) is 0 Å². The summed E-state index contributed by atoms with van der Waals surface area (Å²) in [6.45, 7) is 2.47. The standard InChI is InChI=1S/C18H18N2O2/c21-18(20-10-12-22-13-11-20)17(16-6-8-19-9-7-16)14-15-4-2-1-3-5-15/h1-9,14H,10-13H2. The molecule has 0 unspecified atom stereocenters. The molecular weight excluding hydrogens is 276 g/mol. The van der Waals surface area contributed by atoms with E-state index in [0.717, 1.165) is 11.1 Å². The first kappa shape index (κ1) is 14.5. The van der Waals surface area contributed by atoms with E-state index in [4.69, 9.17) is 4.74 Å². The molecule has 2 heterocycles. The summed E-state index contributed by atoms with van der Waals surface area (Å²) in [6, 6.07) is 13.6. The van der Waals surface area contributed by atoms with Crippen molar-refractivity contribution in [1.82, 2.24) is 9.88 Å². The molecule has 1 amide bonds. The molecule has 0 spiro atoms. The second-order valence-corrected chi connectivity index (χ2v) is 5.11. The third kappa shape index (κ3) is 3.40. The fourth-order valence-corrected chi connectivity index (χ4v) is 2.45. The smallest absolute Gasteiger partial charge is 0.254 e. The van der Waals surface area contributed by atoms with Crippen LogP contribution in [0.5, 0.6) is 0 Å². The van der Waals surface area contributed by atoms with E-state index in [9.17, 15) is 4.79 Å². The van der Waals surface area contributed by atoms with Gasteiger partial charge in [0.05, 0.1) is 13.2 Å². The molecule has 1 fully saturated rings. The van der Waals surface area contributed by atoms with Gasteiger partial charge in [-0.05, 0) is 29.3 Å². The van der Waals surface area contributed by atoms with Gasteiger partial charge in [0.2, 0.25) is 0 Å². The predicted octanol–water partition coefficient (Wildman–Crippen LogP) is 2.48. The van der Waals surface area contributed by atoms with Gasteiger partial charge >= 0.3 is 0 Å². The van der Waals surface area contributed by atoms with Crippen molar-refractivity contribution in [2.24, 2.45) is 0 Å². The Labute approximate surface area is 130 Å². The number of carbonyl (C=O) groups excluding carboxylic acids is 1. The summed E-state index contributed by atoms with van der Waals surface area (Å²) in [5, 5.41) is 0. The molecule has 0 N–H and O–H groups in total. The van der Waals surface area contributed by atoms with E-state index in [1.54, 1.807) is 12.4 Å². The summed E-state index contributed by atoms with van der Waals surface area (Å²) < 4.78 is 5.33. The molecule has 1 saturated heterocycles. The summed E-state index contributed by atoms with van der Waals surface area (Å²) in [5.41, 5.74) is 2.58. The van der Waals surface area contributed by atoms with Crippen LogP contribution in [0.4, 0.5) is 0 Å². The van der Waals surface area contributed by atoms with Crippen LogP contribution in [0.25, 0.3) is 11.6 Å². The van der Waals surface area contributed by atoms with Crippen LogP contribution in [-0.2, 0) is 9.53 Å². The van der Waals surface area contributed by atoms with Crippen molar-refractivity contribution in [2.45, 2.75) is 0 Å². The molecular formula is C18H18N2O2. The molecule has 1 aliphatic rings. The molecule has 2 aromatic rings. The second kappa shape index (κ2) is 7.00. The molecule has 1 aliphatic heterocycles. The van der Waals surface area contributed by atoms with E-state index in [0.29, 0.717) is 31.9 Å². The maximum absolute atomic E-state index is 12.9.